The molecule has 3 rings (SSSR count). The quantitative estimate of drug-likeness (QED) is 0.895. The van der Waals surface area contributed by atoms with E-state index < -0.39 is 0 Å². The lowest BCUT2D eigenvalue weighted by Gasteiger charge is -2.23. The third-order valence-electron chi connectivity index (χ3n) is 3.85. The molecule has 1 aromatic carbocycles. The summed E-state index contributed by atoms with van der Waals surface area (Å²) in [4.78, 5) is 1.35. The Balaban J connectivity index is 1.61. The molecular formula is C17H20FNOS. The Labute approximate surface area is 129 Å². The van der Waals surface area contributed by atoms with Gasteiger partial charge in [-0.3, -0.25) is 0 Å². The summed E-state index contributed by atoms with van der Waals surface area (Å²) in [6, 6.07) is 9.35. The van der Waals surface area contributed by atoms with Crippen LogP contribution in [-0.2, 0) is 6.42 Å². The number of benzene rings is 1. The van der Waals surface area contributed by atoms with E-state index in [0.29, 0.717) is 12.0 Å². The monoisotopic (exact) mass is 305 g/mol. The van der Waals surface area contributed by atoms with Crippen molar-refractivity contribution in [1.82, 2.24) is 5.32 Å². The largest absolute Gasteiger partial charge is 0.488 e. The van der Waals surface area contributed by atoms with E-state index in [1.54, 1.807) is 23.5 Å². The molecule has 0 aliphatic carbocycles. The number of ether oxygens (including phenoxy) is 1. The highest BCUT2D eigenvalue weighted by Gasteiger charge is 2.25. The normalized spacial score (nSPS) is 18.6. The van der Waals surface area contributed by atoms with Crippen LogP contribution in [0.25, 0.3) is 0 Å². The van der Waals surface area contributed by atoms with Gasteiger partial charge in [-0.05, 0) is 35.6 Å². The van der Waals surface area contributed by atoms with Gasteiger partial charge in [-0.25, -0.2) is 4.39 Å². The van der Waals surface area contributed by atoms with Crippen molar-refractivity contribution in [3.05, 3.63) is 52.0 Å². The second kappa shape index (κ2) is 6.16. The molecule has 0 amide bonds. The van der Waals surface area contributed by atoms with Gasteiger partial charge in [0.15, 0.2) is 0 Å². The molecule has 0 spiro atoms. The van der Waals surface area contributed by atoms with Gasteiger partial charge >= 0.3 is 0 Å². The van der Waals surface area contributed by atoms with E-state index in [9.17, 15) is 4.39 Å². The van der Waals surface area contributed by atoms with Crippen molar-refractivity contribution >= 4 is 11.3 Å². The summed E-state index contributed by atoms with van der Waals surface area (Å²) in [6.07, 6.45) is 0.859. The second-order valence-electron chi connectivity index (χ2n) is 5.84. The molecule has 2 aromatic rings. The third-order valence-corrected chi connectivity index (χ3v) is 4.80. The van der Waals surface area contributed by atoms with Crippen LogP contribution in [0, 0.1) is 11.7 Å². The molecular weight excluding hydrogens is 285 g/mol. The van der Waals surface area contributed by atoms with E-state index in [1.807, 2.05) is 0 Å². The summed E-state index contributed by atoms with van der Waals surface area (Å²) in [7, 11) is 0. The molecule has 2 heterocycles. The van der Waals surface area contributed by atoms with Crippen molar-refractivity contribution in [3.8, 4) is 5.75 Å². The second-order valence-corrected chi connectivity index (χ2v) is 6.82. The molecule has 4 heteroatoms. The minimum atomic E-state index is -0.190. The average Bonchev–Trinajstić information content (AvgIpc) is 3.07. The first-order valence-corrected chi connectivity index (χ1v) is 8.23. The van der Waals surface area contributed by atoms with E-state index in [1.165, 1.54) is 10.9 Å². The first kappa shape index (κ1) is 14.5. The topological polar surface area (TPSA) is 21.3 Å². The van der Waals surface area contributed by atoms with Crippen molar-refractivity contribution in [1.29, 1.82) is 0 Å². The summed E-state index contributed by atoms with van der Waals surface area (Å²) in [5, 5.41) is 5.71. The van der Waals surface area contributed by atoms with Gasteiger partial charge in [-0.15, -0.1) is 11.3 Å². The maximum absolute atomic E-state index is 13.2. The molecule has 112 valence electrons. The minimum absolute atomic E-state index is 0.0861. The lowest BCUT2D eigenvalue weighted by Crippen LogP contribution is -2.34. The summed E-state index contributed by atoms with van der Waals surface area (Å²) in [5.74, 6) is 1.15. The fourth-order valence-electron chi connectivity index (χ4n) is 2.79. The van der Waals surface area contributed by atoms with Gasteiger partial charge in [-0.1, -0.05) is 19.9 Å². The van der Waals surface area contributed by atoms with Crippen LogP contribution in [-0.4, -0.2) is 12.6 Å². The summed E-state index contributed by atoms with van der Waals surface area (Å²) >= 11 is 1.78. The van der Waals surface area contributed by atoms with E-state index in [4.69, 9.17) is 4.74 Å². The average molecular weight is 305 g/mol. The molecule has 21 heavy (non-hydrogen) atoms. The molecule has 2 atom stereocenters. The smallest absolute Gasteiger partial charge is 0.123 e. The van der Waals surface area contributed by atoms with Crippen LogP contribution in [0.2, 0.25) is 0 Å². The van der Waals surface area contributed by atoms with E-state index in [2.05, 4.69) is 36.7 Å². The highest BCUT2D eigenvalue weighted by Crippen LogP contribution is 2.30. The molecule has 1 aliphatic heterocycles. The van der Waals surface area contributed by atoms with E-state index in [0.717, 1.165) is 24.3 Å². The highest BCUT2D eigenvalue weighted by molar-refractivity contribution is 7.10. The Bertz CT molecular complexity index is 597. The lowest BCUT2D eigenvalue weighted by atomic mass is 10.0. The van der Waals surface area contributed by atoms with Crippen LogP contribution >= 0.6 is 11.3 Å². The number of nitrogens with one attached hydrogen (secondary N) is 1. The third kappa shape index (κ3) is 3.27. The van der Waals surface area contributed by atoms with Gasteiger partial charge < -0.3 is 10.1 Å². The fourth-order valence-corrected chi connectivity index (χ4v) is 3.77. The van der Waals surface area contributed by atoms with Crippen molar-refractivity contribution in [2.24, 2.45) is 5.92 Å². The summed E-state index contributed by atoms with van der Waals surface area (Å²) in [5.41, 5.74) is 0.971. The number of halogens is 1. The first-order chi connectivity index (χ1) is 10.1. The number of thiophene rings is 1. The van der Waals surface area contributed by atoms with Crippen LogP contribution in [0.1, 0.15) is 30.3 Å². The molecule has 0 bridgehead atoms. The number of hydrogen-bond donors (Lipinski definition) is 1. The van der Waals surface area contributed by atoms with Gasteiger partial charge in [0.1, 0.15) is 17.7 Å². The van der Waals surface area contributed by atoms with Crippen molar-refractivity contribution in [3.63, 3.8) is 0 Å². The van der Waals surface area contributed by atoms with Gasteiger partial charge in [0.05, 0.1) is 0 Å². The van der Waals surface area contributed by atoms with Gasteiger partial charge in [0.25, 0.3) is 0 Å². The van der Waals surface area contributed by atoms with Crippen LogP contribution in [0.5, 0.6) is 5.75 Å². The van der Waals surface area contributed by atoms with E-state index >= 15 is 0 Å². The molecule has 0 radical (unpaired) electrons. The van der Waals surface area contributed by atoms with Crippen molar-refractivity contribution < 1.29 is 9.13 Å². The molecule has 1 N–H and O–H groups in total. The molecule has 0 fully saturated rings. The van der Waals surface area contributed by atoms with Crippen LogP contribution in [0.4, 0.5) is 4.39 Å². The molecule has 2 unspecified atom stereocenters. The van der Waals surface area contributed by atoms with E-state index in [-0.39, 0.29) is 11.9 Å². The van der Waals surface area contributed by atoms with Crippen LogP contribution in [0.15, 0.2) is 35.7 Å². The van der Waals surface area contributed by atoms with Gasteiger partial charge in [0, 0.05) is 29.4 Å². The number of rotatable bonds is 5. The Morgan fingerprint density at radius 3 is 2.95 bits per heavy atom. The van der Waals surface area contributed by atoms with Crippen molar-refractivity contribution in [2.75, 3.05) is 6.54 Å². The predicted molar refractivity (Wildman–Crippen MR) is 84.4 cm³/mol. The molecule has 2 nitrogen and oxygen atoms in total. The zero-order valence-electron chi connectivity index (χ0n) is 12.3. The summed E-state index contributed by atoms with van der Waals surface area (Å²) < 4.78 is 19.1. The maximum Gasteiger partial charge on any atom is 0.123 e. The zero-order chi connectivity index (χ0) is 14.8. The van der Waals surface area contributed by atoms with Crippen LogP contribution < -0.4 is 10.1 Å². The Morgan fingerprint density at radius 2 is 2.24 bits per heavy atom. The minimum Gasteiger partial charge on any atom is -0.488 e. The molecule has 0 saturated heterocycles. The first-order valence-electron chi connectivity index (χ1n) is 7.35. The highest BCUT2D eigenvalue weighted by atomic mass is 32.1. The Hall–Kier alpha value is -1.39. The lowest BCUT2D eigenvalue weighted by molar-refractivity contribution is 0.215. The van der Waals surface area contributed by atoms with Gasteiger partial charge in [-0.2, -0.15) is 0 Å². The molecule has 1 aliphatic rings. The summed E-state index contributed by atoms with van der Waals surface area (Å²) in [6.45, 7) is 5.21. The molecule has 1 aromatic heterocycles. The SMILES string of the molecule is CC(C)C(NCC1Cc2cc(F)ccc2O1)c1cccs1. The molecule has 0 saturated carbocycles. The fraction of sp³-hybridized carbons (Fsp3) is 0.412. The number of fused-ring (bicyclic) bond motifs is 1. The van der Waals surface area contributed by atoms with Crippen molar-refractivity contribution in [2.45, 2.75) is 32.4 Å². The van der Waals surface area contributed by atoms with Crippen LogP contribution in [0.3, 0.4) is 0 Å². The zero-order valence-corrected chi connectivity index (χ0v) is 13.1. The Morgan fingerprint density at radius 1 is 1.38 bits per heavy atom. The maximum atomic E-state index is 13.2. The Kier molecular flexibility index (Phi) is 4.27. The predicted octanol–water partition coefficient (Wildman–Crippen LogP) is 4.18. The number of hydrogen-bond acceptors (Lipinski definition) is 3. The standard InChI is InChI=1S/C17H20FNOS/c1-11(2)17(16-4-3-7-21-16)19-10-14-9-12-8-13(18)5-6-15(12)20-14/h3-8,11,14,17,19H,9-10H2,1-2H3. The van der Waals surface area contributed by atoms with Gasteiger partial charge in [0.2, 0.25) is 0 Å².